The standard InChI is InChI=1S/C19H37N5O.HI/c1-4-5-10-20-19(21-14-18(25)22(2)3)24-13-9-17(16-24)15-23-11-7-6-8-12-23;/h17H,4-16H2,1-3H3,(H,20,21);1H. The van der Waals surface area contributed by atoms with Gasteiger partial charge in [0, 0.05) is 40.3 Å². The summed E-state index contributed by atoms with van der Waals surface area (Å²) in [5, 5.41) is 3.47. The fourth-order valence-corrected chi connectivity index (χ4v) is 3.61. The molecule has 2 rings (SSSR count). The van der Waals surface area contributed by atoms with Crippen LogP contribution in [0.25, 0.3) is 0 Å². The molecule has 7 heteroatoms. The van der Waals surface area contributed by atoms with Gasteiger partial charge in [-0.2, -0.15) is 0 Å². The van der Waals surface area contributed by atoms with Crippen molar-refractivity contribution >= 4 is 35.8 Å². The van der Waals surface area contributed by atoms with E-state index in [1.54, 1.807) is 19.0 Å². The Bertz CT molecular complexity index is 438. The average molecular weight is 479 g/mol. The van der Waals surface area contributed by atoms with Gasteiger partial charge in [-0.1, -0.05) is 19.8 Å². The highest BCUT2D eigenvalue weighted by molar-refractivity contribution is 14.0. The van der Waals surface area contributed by atoms with E-state index < -0.39 is 0 Å². The maximum absolute atomic E-state index is 11.9. The van der Waals surface area contributed by atoms with Gasteiger partial charge in [-0.15, -0.1) is 24.0 Å². The number of carbonyl (C=O) groups is 1. The first-order chi connectivity index (χ1) is 12.1. The van der Waals surface area contributed by atoms with Crippen LogP contribution in [-0.4, -0.2) is 86.5 Å². The molecular formula is C19H38IN5O. The number of rotatable bonds is 7. The molecule has 0 aliphatic carbocycles. The molecule has 2 aliphatic rings. The predicted octanol–water partition coefficient (Wildman–Crippen LogP) is 2.25. The van der Waals surface area contributed by atoms with Crippen molar-refractivity contribution in [2.75, 3.05) is 59.9 Å². The van der Waals surface area contributed by atoms with Crippen molar-refractivity contribution in [1.29, 1.82) is 0 Å². The van der Waals surface area contributed by atoms with Crippen molar-refractivity contribution in [3.8, 4) is 0 Å². The van der Waals surface area contributed by atoms with Gasteiger partial charge in [0.25, 0.3) is 0 Å². The number of nitrogens with one attached hydrogen (secondary N) is 1. The summed E-state index contributed by atoms with van der Waals surface area (Å²) in [5.74, 6) is 1.70. The fourth-order valence-electron chi connectivity index (χ4n) is 3.61. The number of likely N-dealkylation sites (N-methyl/N-ethyl adjacent to an activating group) is 1. The van der Waals surface area contributed by atoms with E-state index in [9.17, 15) is 4.79 Å². The van der Waals surface area contributed by atoms with Crippen molar-refractivity contribution in [3.05, 3.63) is 0 Å². The van der Waals surface area contributed by atoms with Gasteiger partial charge in [0.15, 0.2) is 5.96 Å². The summed E-state index contributed by atoms with van der Waals surface area (Å²) in [4.78, 5) is 23.1. The van der Waals surface area contributed by atoms with Crippen LogP contribution in [0.2, 0.25) is 0 Å². The Balaban J connectivity index is 0.00000338. The van der Waals surface area contributed by atoms with Crippen LogP contribution in [0.4, 0.5) is 0 Å². The molecule has 26 heavy (non-hydrogen) atoms. The minimum Gasteiger partial charge on any atom is -0.356 e. The third-order valence-corrected chi connectivity index (χ3v) is 5.23. The largest absolute Gasteiger partial charge is 0.356 e. The zero-order valence-electron chi connectivity index (χ0n) is 16.9. The molecule has 0 bridgehead atoms. The first-order valence-corrected chi connectivity index (χ1v) is 10.1. The van der Waals surface area contributed by atoms with Crippen LogP contribution in [0.1, 0.15) is 45.4 Å². The van der Waals surface area contributed by atoms with E-state index in [1.807, 2.05) is 0 Å². The van der Waals surface area contributed by atoms with Crippen molar-refractivity contribution in [2.24, 2.45) is 10.9 Å². The number of aliphatic imine (C=N–C) groups is 1. The molecule has 0 aromatic heterocycles. The molecule has 2 heterocycles. The van der Waals surface area contributed by atoms with E-state index in [4.69, 9.17) is 0 Å². The highest BCUT2D eigenvalue weighted by Gasteiger charge is 2.27. The number of nitrogens with zero attached hydrogens (tertiary/aromatic N) is 4. The molecule has 0 aromatic rings. The number of amides is 1. The highest BCUT2D eigenvalue weighted by Crippen LogP contribution is 2.20. The zero-order chi connectivity index (χ0) is 18.1. The second-order valence-corrected chi connectivity index (χ2v) is 7.67. The van der Waals surface area contributed by atoms with E-state index in [2.05, 4.69) is 27.0 Å². The summed E-state index contributed by atoms with van der Waals surface area (Å²) in [6.07, 6.45) is 7.63. The van der Waals surface area contributed by atoms with Crippen LogP contribution in [0.15, 0.2) is 4.99 Å². The predicted molar refractivity (Wildman–Crippen MR) is 119 cm³/mol. The Hall–Kier alpha value is -0.570. The monoisotopic (exact) mass is 479 g/mol. The smallest absolute Gasteiger partial charge is 0.243 e. The SMILES string of the molecule is CCCCNC(=NCC(=O)N(C)C)N1CCC(CN2CCCCC2)C1.I. The summed E-state index contributed by atoms with van der Waals surface area (Å²) >= 11 is 0. The minimum atomic E-state index is 0. The van der Waals surface area contributed by atoms with Gasteiger partial charge in [-0.3, -0.25) is 4.79 Å². The third-order valence-electron chi connectivity index (χ3n) is 5.23. The minimum absolute atomic E-state index is 0. The number of hydrogen-bond donors (Lipinski definition) is 1. The van der Waals surface area contributed by atoms with Crippen LogP contribution < -0.4 is 5.32 Å². The van der Waals surface area contributed by atoms with Gasteiger partial charge < -0.3 is 20.0 Å². The van der Waals surface area contributed by atoms with Crippen molar-refractivity contribution in [2.45, 2.75) is 45.4 Å². The van der Waals surface area contributed by atoms with Crippen LogP contribution >= 0.6 is 24.0 Å². The van der Waals surface area contributed by atoms with Crippen LogP contribution in [0.5, 0.6) is 0 Å². The molecule has 6 nitrogen and oxygen atoms in total. The first-order valence-electron chi connectivity index (χ1n) is 10.1. The van der Waals surface area contributed by atoms with Gasteiger partial charge in [-0.25, -0.2) is 4.99 Å². The molecule has 1 unspecified atom stereocenters. The average Bonchev–Trinajstić information content (AvgIpc) is 3.06. The Morgan fingerprint density at radius 1 is 1.19 bits per heavy atom. The van der Waals surface area contributed by atoms with E-state index in [1.165, 1.54) is 45.3 Å². The molecule has 152 valence electrons. The summed E-state index contributed by atoms with van der Waals surface area (Å²) in [7, 11) is 3.57. The molecule has 1 amide bonds. The van der Waals surface area contributed by atoms with E-state index >= 15 is 0 Å². The van der Waals surface area contributed by atoms with Crippen molar-refractivity contribution in [3.63, 3.8) is 0 Å². The molecule has 1 atom stereocenters. The van der Waals surface area contributed by atoms with Gasteiger partial charge in [-0.05, 0) is 44.7 Å². The number of carbonyl (C=O) groups excluding carboxylic acids is 1. The van der Waals surface area contributed by atoms with E-state index in [0.717, 1.165) is 44.4 Å². The number of likely N-dealkylation sites (tertiary alicyclic amines) is 2. The Morgan fingerprint density at radius 3 is 2.58 bits per heavy atom. The lowest BCUT2D eigenvalue weighted by Crippen LogP contribution is -2.42. The lowest BCUT2D eigenvalue weighted by Gasteiger charge is -2.29. The summed E-state index contributed by atoms with van der Waals surface area (Å²) in [6.45, 7) is 9.21. The number of guanidine groups is 1. The highest BCUT2D eigenvalue weighted by atomic mass is 127. The molecular weight excluding hydrogens is 441 g/mol. The molecule has 0 spiro atoms. The molecule has 2 aliphatic heterocycles. The summed E-state index contributed by atoms with van der Waals surface area (Å²) < 4.78 is 0. The first kappa shape index (κ1) is 23.5. The van der Waals surface area contributed by atoms with Gasteiger partial charge in [0.05, 0.1) is 0 Å². The van der Waals surface area contributed by atoms with Gasteiger partial charge in [0.2, 0.25) is 5.91 Å². The summed E-state index contributed by atoms with van der Waals surface area (Å²) in [6, 6.07) is 0. The van der Waals surface area contributed by atoms with Crippen LogP contribution in [0.3, 0.4) is 0 Å². The quantitative estimate of drug-likeness (QED) is 0.264. The van der Waals surface area contributed by atoms with Crippen LogP contribution in [-0.2, 0) is 4.79 Å². The molecule has 0 aromatic carbocycles. The number of halogens is 1. The molecule has 2 fully saturated rings. The Labute approximate surface area is 176 Å². The second kappa shape index (κ2) is 12.8. The molecule has 0 saturated carbocycles. The lowest BCUT2D eigenvalue weighted by atomic mass is 10.1. The zero-order valence-corrected chi connectivity index (χ0v) is 19.2. The topological polar surface area (TPSA) is 51.2 Å². The second-order valence-electron chi connectivity index (χ2n) is 7.67. The number of unbranched alkanes of at least 4 members (excludes halogenated alkanes) is 1. The van der Waals surface area contributed by atoms with Crippen molar-refractivity contribution < 1.29 is 4.79 Å². The fraction of sp³-hybridized carbons (Fsp3) is 0.895. The maximum atomic E-state index is 11.9. The Morgan fingerprint density at radius 2 is 1.92 bits per heavy atom. The van der Waals surface area contributed by atoms with Gasteiger partial charge >= 0.3 is 0 Å². The maximum Gasteiger partial charge on any atom is 0.243 e. The van der Waals surface area contributed by atoms with E-state index in [-0.39, 0.29) is 36.4 Å². The lowest BCUT2D eigenvalue weighted by molar-refractivity contribution is -0.127. The van der Waals surface area contributed by atoms with Crippen molar-refractivity contribution in [1.82, 2.24) is 20.0 Å². The normalized spacial score (nSPS) is 21.4. The number of piperidine rings is 1. The number of hydrogen-bond acceptors (Lipinski definition) is 3. The molecule has 0 radical (unpaired) electrons. The molecule has 2 saturated heterocycles. The Kier molecular flexibility index (Phi) is 11.5. The van der Waals surface area contributed by atoms with Crippen LogP contribution in [0, 0.1) is 5.92 Å². The molecule has 1 N–H and O–H groups in total. The third kappa shape index (κ3) is 7.98. The van der Waals surface area contributed by atoms with E-state index in [0.29, 0.717) is 0 Å². The summed E-state index contributed by atoms with van der Waals surface area (Å²) in [5.41, 5.74) is 0. The van der Waals surface area contributed by atoms with Gasteiger partial charge in [0.1, 0.15) is 6.54 Å².